The number of ether oxygens (including phenoxy) is 1. The number of carbonyl (C=O) groups is 2. The number of hydrogen-bond acceptors (Lipinski definition) is 6. The van der Waals surface area contributed by atoms with E-state index < -0.39 is 11.9 Å². The van der Waals surface area contributed by atoms with Gasteiger partial charge in [-0.3, -0.25) is 14.2 Å². The molecule has 0 fully saturated rings. The number of azo groups is 1. The second-order valence-electron chi connectivity index (χ2n) is 5.62. The van der Waals surface area contributed by atoms with Gasteiger partial charge in [0, 0.05) is 9.86 Å². The molecule has 1 amide bonds. The summed E-state index contributed by atoms with van der Waals surface area (Å²) in [5.41, 5.74) is 0.935. The predicted molar refractivity (Wildman–Crippen MR) is 100 cm³/mol. The van der Waals surface area contributed by atoms with E-state index in [2.05, 4.69) is 26.2 Å². The number of halogens is 1. The molecular weight excluding hydrogens is 418 g/mol. The normalized spacial score (nSPS) is 11.4. The molecule has 3 rings (SSSR count). The van der Waals surface area contributed by atoms with Crippen LogP contribution in [-0.2, 0) is 16.1 Å². The first-order valence-corrected chi connectivity index (χ1v) is 8.88. The number of amides is 1. The fourth-order valence-electron chi connectivity index (χ4n) is 2.65. The fourth-order valence-corrected chi connectivity index (χ4v) is 3.01. The predicted octanol–water partition coefficient (Wildman–Crippen LogP) is 4.50. The van der Waals surface area contributed by atoms with Crippen LogP contribution in [0.5, 0.6) is 5.88 Å². The molecular formula is C18H16BrN3O5. The van der Waals surface area contributed by atoms with Gasteiger partial charge in [-0.25, -0.2) is 0 Å². The molecule has 0 atom stereocenters. The standard InChI is InChI=1S/C18H16BrN3O5/c1-3-26-15(23)9-22-14-5-4-11(19)8-13(14)16(18(22)25)20-21-17(24)12-6-7-27-10(12)2/h4-8,25H,3,9H2,1-2H3. The molecule has 0 unspecified atom stereocenters. The van der Waals surface area contributed by atoms with Gasteiger partial charge in [0.2, 0.25) is 5.88 Å². The van der Waals surface area contributed by atoms with Crippen LogP contribution in [0.1, 0.15) is 23.0 Å². The van der Waals surface area contributed by atoms with Crippen molar-refractivity contribution in [3.05, 3.63) is 46.3 Å². The largest absolute Gasteiger partial charge is 0.493 e. The van der Waals surface area contributed by atoms with Gasteiger partial charge in [-0.2, -0.15) is 0 Å². The van der Waals surface area contributed by atoms with Gasteiger partial charge in [-0.05, 0) is 38.1 Å². The quantitative estimate of drug-likeness (QED) is 0.470. The maximum Gasteiger partial charge on any atom is 0.326 e. The molecule has 0 aliphatic heterocycles. The molecule has 2 aromatic heterocycles. The Morgan fingerprint density at radius 3 is 2.78 bits per heavy atom. The van der Waals surface area contributed by atoms with Gasteiger partial charge >= 0.3 is 5.97 Å². The number of esters is 1. The molecule has 27 heavy (non-hydrogen) atoms. The fraction of sp³-hybridized carbons (Fsp3) is 0.222. The van der Waals surface area contributed by atoms with E-state index in [1.807, 2.05) is 0 Å². The molecule has 0 saturated carbocycles. The summed E-state index contributed by atoms with van der Waals surface area (Å²) >= 11 is 3.36. The zero-order chi connectivity index (χ0) is 19.6. The van der Waals surface area contributed by atoms with Crippen molar-refractivity contribution in [1.82, 2.24) is 4.57 Å². The van der Waals surface area contributed by atoms with Crippen molar-refractivity contribution in [2.75, 3.05) is 6.61 Å². The van der Waals surface area contributed by atoms with Crippen molar-refractivity contribution in [1.29, 1.82) is 0 Å². The minimum atomic E-state index is -0.595. The van der Waals surface area contributed by atoms with Crippen molar-refractivity contribution in [3.63, 3.8) is 0 Å². The number of rotatable bonds is 5. The van der Waals surface area contributed by atoms with Gasteiger partial charge in [0.15, 0.2) is 5.69 Å². The topological polar surface area (TPSA) is 106 Å². The molecule has 0 saturated heterocycles. The lowest BCUT2D eigenvalue weighted by Crippen LogP contribution is -2.12. The number of hydrogen-bond donors (Lipinski definition) is 1. The molecule has 1 aromatic carbocycles. The average molecular weight is 434 g/mol. The van der Waals surface area contributed by atoms with Crippen LogP contribution in [0.15, 0.2) is 49.6 Å². The highest BCUT2D eigenvalue weighted by Gasteiger charge is 2.20. The highest BCUT2D eigenvalue weighted by atomic mass is 79.9. The summed E-state index contributed by atoms with van der Waals surface area (Å²) in [4.78, 5) is 24.1. The number of aromatic nitrogens is 1. The summed E-state index contributed by atoms with van der Waals surface area (Å²) in [5, 5.41) is 18.7. The Kier molecular flexibility index (Phi) is 5.41. The van der Waals surface area contributed by atoms with Crippen LogP contribution in [0.25, 0.3) is 10.9 Å². The Morgan fingerprint density at radius 1 is 1.33 bits per heavy atom. The highest BCUT2D eigenvalue weighted by molar-refractivity contribution is 9.10. The maximum atomic E-state index is 12.2. The molecule has 0 aliphatic rings. The van der Waals surface area contributed by atoms with E-state index in [1.165, 1.54) is 16.9 Å². The van der Waals surface area contributed by atoms with Crippen molar-refractivity contribution in [2.45, 2.75) is 20.4 Å². The number of carbonyl (C=O) groups excluding carboxylic acids is 2. The zero-order valence-corrected chi connectivity index (χ0v) is 16.2. The van der Waals surface area contributed by atoms with Crippen LogP contribution in [-0.4, -0.2) is 28.2 Å². The number of benzene rings is 1. The summed E-state index contributed by atoms with van der Waals surface area (Å²) in [6, 6.07) is 6.71. The number of furan rings is 1. The van der Waals surface area contributed by atoms with Crippen LogP contribution in [0.3, 0.4) is 0 Å². The molecule has 0 radical (unpaired) electrons. The van der Waals surface area contributed by atoms with E-state index in [1.54, 1.807) is 32.0 Å². The molecule has 2 heterocycles. The van der Waals surface area contributed by atoms with Crippen molar-refractivity contribution >= 4 is 44.4 Å². The van der Waals surface area contributed by atoms with E-state index in [0.717, 1.165) is 4.47 Å². The van der Waals surface area contributed by atoms with Crippen LogP contribution in [0.2, 0.25) is 0 Å². The molecule has 8 nitrogen and oxygen atoms in total. The van der Waals surface area contributed by atoms with E-state index in [-0.39, 0.29) is 30.3 Å². The summed E-state index contributed by atoms with van der Waals surface area (Å²) in [6.07, 6.45) is 1.39. The lowest BCUT2D eigenvalue weighted by molar-refractivity contribution is -0.143. The van der Waals surface area contributed by atoms with E-state index in [4.69, 9.17) is 9.15 Å². The Labute approximate surface area is 162 Å². The number of aromatic hydroxyl groups is 1. The minimum absolute atomic E-state index is 0.0881. The Bertz CT molecular complexity index is 1050. The smallest absolute Gasteiger partial charge is 0.326 e. The highest BCUT2D eigenvalue weighted by Crippen LogP contribution is 2.40. The minimum Gasteiger partial charge on any atom is -0.493 e. The van der Waals surface area contributed by atoms with E-state index in [9.17, 15) is 14.7 Å². The SMILES string of the molecule is CCOC(=O)Cn1c(O)c(N=NC(=O)c2ccoc2C)c2cc(Br)ccc21. The van der Waals surface area contributed by atoms with Crippen LogP contribution in [0.4, 0.5) is 5.69 Å². The van der Waals surface area contributed by atoms with E-state index in [0.29, 0.717) is 16.7 Å². The van der Waals surface area contributed by atoms with Gasteiger partial charge in [-0.15, -0.1) is 10.2 Å². The van der Waals surface area contributed by atoms with E-state index >= 15 is 0 Å². The maximum absolute atomic E-state index is 12.2. The van der Waals surface area contributed by atoms with Crippen molar-refractivity contribution < 1.29 is 23.8 Å². The van der Waals surface area contributed by atoms with Gasteiger partial charge in [-0.1, -0.05) is 15.9 Å². The van der Waals surface area contributed by atoms with Crippen molar-refractivity contribution in [2.24, 2.45) is 10.2 Å². The first-order valence-electron chi connectivity index (χ1n) is 8.08. The monoisotopic (exact) mass is 433 g/mol. The summed E-state index contributed by atoms with van der Waals surface area (Å²) in [6.45, 7) is 3.38. The molecule has 0 bridgehead atoms. The summed E-state index contributed by atoms with van der Waals surface area (Å²) in [7, 11) is 0. The summed E-state index contributed by atoms with van der Waals surface area (Å²) in [5.74, 6) is -0.949. The second kappa shape index (κ2) is 7.75. The molecule has 9 heteroatoms. The molecule has 0 aliphatic carbocycles. The molecule has 1 N–H and O–H groups in total. The van der Waals surface area contributed by atoms with Crippen LogP contribution < -0.4 is 0 Å². The van der Waals surface area contributed by atoms with Gasteiger partial charge in [0.1, 0.15) is 12.3 Å². The van der Waals surface area contributed by atoms with Gasteiger partial charge in [0.25, 0.3) is 5.91 Å². The van der Waals surface area contributed by atoms with Crippen molar-refractivity contribution in [3.8, 4) is 5.88 Å². The lowest BCUT2D eigenvalue weighted by Gasteiger charge is -2.06. The van der Waals surface area contributed by atoms with Gasteiger partial charge < -0.3 is 14.3 Å². The average Bonchev–Trinajstić information content (AvgIpc) is 3.15. The first kappa shape index (κ1) is 18.8. The van der Waals surface area contributed by atoms with Crippen LogP contribution in [0, 0.1) is 6.92 Å². The molecule has 3 aromatic rings. The number of fused-ring (bicyclic) bond motifs is 1. The number of nitrogens with zero attached hydrogens (tertiary/aromatic N) is 3. The Morgan fingerprint density at radius 2 is 2.11 bits per heavy atom. The van der Waals surface area contributed by atoms with Gasteiger partial charge in [0.05, 0.1) is 24.0 Å². The number of aryl methyl sites for hydroxylation is 1. The molecule has 140 valence electrons. The van der Waals surface area contributed by atoms with Crippen LogP contribution >= 0.6 is 15.9 Å². The molecule has 0 spiro atoms. The Hall–Kier alpha value is -2.94. The lowest BCUT2D eigenvalue weighted by atomic mass is 10.2. The Balaban J connectivity index is 2.04. The zero-order valence-electron chi connectivity index (χ0n) is 14.6. The second-order valence-corrected chi connectivity index (χ2v) is 6.54. The third-order valence-corrected chi connectivity index (χ3v) is 4.39. The summed E-state index contributed by atoms with van der Waals surface area (Å²) < 4.78 is 12.1. The third-order valence-electron chi connectivity index (χ3n) is 3.89. The first-order chi connectivity index (χ1) is 12.9. The third kappa shape index (κ3) is 3.77.